The Morgan fingerprint density at radius 1 is 1.06 bits per heavy atom. The second-order valence-corrected chi connectivity index (χ2v) is 8.84. The number of rotatable bonds is 9. The second-order valence-electron chi connectivity index (χ2n) is 8.84. The van der Waals surface area contributed by atoms with Crippen molar-refractivity contribution in [2.45, 2.75) is 26.1 Å². The zero-order valence-corrected chi connectivity index (χ0v) is 20.6. The van der Waals surface area contributed by atoms with Crippen molar-refractivity contribution in [3.8, 4) is 0 Å². The molecule has 9 nitrogen and oxygen atoms in total. The van der Waals surface area contributed by atoms with Gasteiger partial charge in [0.25, 0.3) is 0 Å². The number of hydrogen-bond donors (Lipinski definition) is 0. The van der Waals surface area contributed by atoms with Crippen LogP contribution >= 0.6 is 0 Å². The zero-order chi connectivity index (χ0) is 25.5. The van der Waals surface area contributed by atoms with Crippen molar-refractivity contribution in [1.29, 1.82) is 0 Å². The molecule has 3 aromatic rings. The first-order valence-electron chi connectivity index (χ1n) is 12.0. The molecule has 0 radical (unpaired) electrons. The lowest BCUT2D eigenvalue weighted by Crippen LogP contribution is -2.50. The summed E-state index contributed by atoms with van der Waals surface area (Å²) in [5, 5.41) is 12.2. The summed E-state index contributed by atoms with van der Waals surface area (Å²) in [6.07, 6.45) is 1.54. The number of hydrogen-bond acceptors (Lipinski definition) is 7. The SMILES string of the molecule is C[C@@H](C(=O)N(C)c1cnc(N(Cc2ccccc2)Cc2ccccc2)c([N+](=O)[O-])c1)N1CCOCC1. The fourth-order valence-corrected chi connectivity index (χ4v) is 4.34. The van der Waals surface area contributed by atoms with Crippen LogP contribution in [-0.4, -0.2) is 60.1 Å². The van der Waals surface area contributed by atoms with Gasteiger partial charge in [0, 0.05) is 39.3 Å². The third kappa shape index (κ3) is 6.05. The van der Waals surface area contributed by atoms with Crippen LogP contribution in [0.5, 0.6) is 0 Å². The van der Waals surface area contributed by atoms with Crippen molar-refractivity contribution in [2.24, 2.45) is 0 Å². The molecule has 1 amide bonds. The fraction of sp³-hybridized carbons (Fsp3) is 0.333. The van der Waals surface area contributed by atoms with Crippen LogP contribution in [-0.2, 0) is 22.6 Å². The summed E-state index contributed by atoms with van der Waals surface area (Å²) in [6.45, 7) is 5.26. The molecule has 4 rings (SSSR count). The quantitative estimate of drug-likeness (QED) is 0.333. The van der Waals surface area contributed by atoms with Gasteiger partial charge in [-0.25, -0.2) is 4.98 Å². The highest BCUT2D eigenvalue weighted by Crippen LogP contribution is 2.32. The molecule has 1 fully saturated rings. The average Bonchev–Trinajstić information content (AvgIpc) is 2.92. The number of carbonyl (C=O) groups is 1. The molecule has 1 aliphatic rings. The van der Waals surface area contributed by atoms with E-state index in [1.54, 1.807) is 7.05 Å². The lowest BCUT2D eigenvalue weighted by Gasteiger charge is -2.33. The molecule has 0 unspecified atom stereocenters. The largest absolute Gasteiger partial charge is 0.379 e. The summed E-state index contributed by atoms with van der Waals surface area (Å²) in [7, 11) is 1.63. The van der Waals surface area contributed by atoms with Crippen LogP contribution < -0.4 is 9.80 Å². The predicted octanol–water partition coefficient (Wildman–Crippen LogP) is 3.88. The number of nitro groups is 1. The maximum Gasteiger partial charge on any atom is 0.313 e. The van der Waals surface area contributed by atoms with Crippen LogP contribution in [0.2, 0.25) is 0 Å². The molecule has 1 saturated heterocycles. The number of carbonyl (C=O) groups excluding carboxylic acids is 1. The predicted molar refractivity (Wildman–Crippen MR) is 139 cm³/mol. The molecule has 1 atom stereocenters. The molecule has 2 heterocycles. The Morgan fingerprint density at radius 3 is 2.14 bits per heavy atom. The van der Waals surface area contributed by atoms with Gasteiger partial charge in [0.1, 0.15) is 0 Å². The Kier molecular flexibility index (Phi) is 8.24. The first-order valence-corrected chi connectivity index (χ1v) is 12.0. The Bertz CT molecular complexity index is 1130. The van der Waals surface area contributed by atoms with E-state index in [9.17, 15) is 14.9 Å². The summed E-state index contributed by atoms with van der Waals surface area (Å²) in [5.74, 6) is 0.115. The van der Waals surface area contributed by atoms with Crippen LogP contribution in [0.1, 0.15) is 18.1 Å². The minimum absolute atomic E-state index is 0.141. The molecule has 0 spiro atoms. The lowest BCUT2D eigenvalue weighted by atomic mass is 10.1. The first kappa shape index (κ1) is 25.3. The average molecular weight is 490 g/mol. The van der Waals surface area contributed by atoms with Crippen molar-refractivity contribution in [3.05, 3.63) is 94.2 Å². The van der Waals surface area contributed by atoms with E-state index in [-0.39, 0.29) is 23.5 Å². The fourth-order valence-electron chi connectivity index (χ4n) is 4.34. The molecule has 1 aromatic heterocycles. The minimum atomic E-state index is -0.432. The first-order chi connectivity index (χ1) is 17.4. The third-order valence-corrected chi connectivity index (χ3v) is 6.43. The van der Waals surface area contributed by atoms with E-state index in [2.05, 4.69) is 9.88 Å². The number of ether oxygens (including phenoxy) is 1. The summed E-state index contributed by atoms with van der Waals surface area (Å²) in [5.41, 5.74) is 2.27. The number of aromatic nitrogens is 1. The smallest absolute Gasteiger partial charge is 0.313 e. The van der Waals surface area contributed by atoms with Crippen LogP contribution in [0.15, 0.2) is 72.9 Å². The van der Waals surface area contributed by atoms with Gasteiger partial charge in [-0.05, 0) is 18.1 Å². The highest BCUT2D eigenvalue weighted by atomic mass is 16.6. The van der Waals surface area contributed by atoms with Gasteiger partial charge < -0.3 is 14.5 Å². The molecule has 2 aromatic carbocycles. The second kappa shape index (κ2) is 11.7. The number of amides is 1. The van der Waals surface area contributed by atoms with Crippen LogP contribution in [0.3, 0.4) is 0 Å². The molecule has 0 N–H and O–H groups in total. The number of nitrogens with zero attached hydrogens (tertiary/aromatic N) is 5. The number of benzene rings is 2. The standard InChI is InChI=1S/C27H31N5O4/c1-21(30-13-15-36-16-14-30)27(33)29(2)24-17-25(32(34)35)26(28-18-24)31(19-22-9-5-3-6-10-22)20-23-11-7-4-8-12-23/h3-12,17-18,21H,13-16,19-20H2,1-2H3/t21-/m0/s1. The number of likely N-dealkylation sites (N-methyl/N-ethyl adjacent to an activating group) is 1. The Labute approximate surface area is 211 Å². The Morgan fingerprint density at radius 2 is 1.61 bits per heavy atom. The summed E-state index contributed by atoms with van der Waals surface area (Å²) >= 11 is 0. The Hall–Kier alpha value is -3.82. The van der Waals surface area contributed by atoms with E-state index in [0.717, 1.165) is 11.1 Å². The van der Waals surface area contributed by atoms with Crippen LogP contribution in [0.4, 0.5) is 17.2 Å². The third-order valence-electron chi connectivity index (χ3n) is 6.43. The molecule has 0 saturated carbocycles. The van der Waals surface area contributed by atoms with Gasteiger partial charge in [0.2, 0.25) is 11.7 Å². The lowest BCUT2D eigenvalue weighted by molar-refractivity contribution is -0.384. The highest BCUT2D eigenvalue weighted by molar-refractivity contribution is 5.96. The van der Waals surface area contributed by atoms with Crippen molar-refractivity contribution in [2.75, 3.05) is 43.2 Å². The van der Waals surface area contributed by atoms with Gasteiger partial charge >= 0.3 is 5.69 Å². The zero-order valence-electron chi connectivity index (χ0n) is 20.6. The topological polar surface area (TPSA) is 92.0 Å². The van der Waals surface area contributed by atoms with Crippen LogP contribution in [0.25, 0.3) is 0 Å². The highest BCUT2D eigenvalue weighted by Gasteiger charge is 2.29. The maximum absolute atomic E-state index is 13.2. The van der Waals surface area contributed by atoms with Gasteiger partial charge in [-0.15, -0.1) is 0 Å². The molecular weight excluding hydrogens is 458 g/mol. The van der Waals surface area contributed by atoms with E-state index < -0.39 is 4.92 Å². The van der Waals surface area contributed by atoms with Gasteiger partial charge in [0.05, 0.1) is 36.1 Å². The van der Waals surface area contributed by atoms with E-state index in [4.69, 9.17) is 4.74 Å². The minimum Gasteiger partial charge on any atom is -0.379 e. The molecule has 0 aliphatic carbocycles. The van der Waals surface area contributed by atoms with E-state index in [0.29, 0.717) is 45.1 Å². The molecule has 1 aliphatic heterocycles. The maximum atomic E-state index is 13.2. The summed E-state index contributed by atoms with van der Waals surface area (Å²) in [4.78, 5) is 34.8. The van der Waals surface area contributed by atoms with E-state index >= 15 is 0 Å². The monoisotopic (exact) mass is 489 g/mol. The normalized spacial score (nSPS) is 14.7. The Balaban J connectivity index is 1.63. The molecule has 188 valence electrons. The summed E-state index contributed by atoms with van der Waals surface area (Å²) < 4.78 is 5.38. The molecule has 0 bridgehead atoms. The number of pyridine rings is 1. The number of morpholine rings is 1. The molecule has 9 heteroatoms. The van der Waals surface area contributed by atoms with Crippen molar-refractivity contribution >= 4 is 23.1 Å². The van der Waals surface area contributed by atoms with Crippen molar-refractivity contribution < 1.29 is 14.5 Å². The van der Waals surface area contributed by atoms with Gasteiger partial charge in [0.15, 0.2) is 0 Å². The molecule has 36 heavy (non-hydrogen) atoms. The van der Waals surface area contributed by atoms with E-state index in [1.165, 1.54) is 17.2 Å². The van der Waals surface area contributed by atoms with Gasteiger partial charge in [-0.2, -0.15) is 0 Å². The van der Waals surface area contributed by atoms with Crippen molar-refractivity contribution in [1.82, 2.24) is 9.88 Å². The number of anilines is 2. The van der Waals surface area contributed by atoms with Gasteiger partial charge in [-0.3, -0.25) is 19.8 Å². The molecular formula is C27H31N5O4. The summed E-state index contributed by atoms with van der Waals surface area (Å²) in [6, 6.07) is 20.6. The van der Waals surface area contributed by atoms with E-state index in [1.807, 2.05) is 72.5 Å². The van der Waals surface area contributed by atoms with Crippen LogP contribution in [0, 0.1) is 10.1 Å². The van der Waals surface area contributed by atoms with Gasteiger partial charge in [-0.1, -0.05) is 60.7 Å². The van der Waals surface area contributed by atoms with Crippen molar-refractivity contribution in [3.63, 3.8) is 0 Å².